The summed E-state index contributed by atoms with van der Waals surface area (Å²) in [5, 5.41) is 6.64. The zero-order valence-electron chi connectivity index (χ0n) is 18.7. The number of nitrogens with zero attached hydrogens (tertiary/aromatic N) is 4. The van der Waals surface area contributed by atoms with Crippen LogP contribution in [0.2, 0.25) is 0 Å². The van der Waals surface area contributed by atoms with Gasteiger partial charge in [-0.15, -0.1) is 48.0 Å². The van der Waals surface area contributed by atoms with Gasteiger partial charge in [0.2, 0.25) is 0 Å². The molecule has 0 aliphatic carbocycles. The minimum Gasteiger partial charge on any atom is -0.352 e. The van der Waals surface area contributed by atoms with Crippen LogP contribution in [0.15, 0.2) is 122 Å². The summed E-state index contributed by atoms with van der Waals surface area (Å²) in [6.07, 6.45) is 5.60. The number of rotatable bonds is 5. The van der Waals surface area contributed by atoms with E-state index in [4.69, 9.17) is 4.98 Å². The van der Waals surface area contributed by atoms with Gasteiger partial charge in [0.15, 0.2) is 0 Å². The molecule has 0 fully saturated rings. The number of fused-ring (bicyclic) bond motifs is 1. The van der Waals surface area contributed by atoms with E-state index in [0.717, 1.165) is 44.8 Å². The Morgan fingerprint density at radius 1 is 0.686 bits per heavy atom. The average molecular weight is 632 g/mol. The maximum absolute atomic E-state index is 4.70. The van der Waals surface area contributed by atoms with E-state index in [0.29, 0.717) is 0 Å². The van der Waals surface area contributed by atoms with E-state index in [9.17, 15) is 0 Å². The summed E-state index contributed by atoms with van der Waals surface area (Å²) < 4.78 is 1.81. The van der Waals surface area contributed by atoms with Crippen molar-refractivity contribution in [3.05, 3.63) is 134 Å². The predicted molar refractivity (Wildman–Crippen MR) is 137 cm³/mol. The summed E-state index contributed by atoms with van der Waals surface area (Å²) in [5.74, 6) is 0. The molecule has 6 aromatic rings. The first kappa shape index (κ1) is 22.8. The third kappa shape index (κ3) is 4.66. The Labute approximate surface area is 218 Å². The molecule has 2 heterocycles. The van der Waals surface area contributed by atoms with Gasteiger partial charge in [-0.1, -0.05) is 54.2 Å². The molecule has 170 valence electrons. The van der Waals surface area contributed by atoms with Crippen molar-refractivity contribution in [1.29, 1.82) is 0 Å². The molecular weight excluding hydrogens is 611 g/mol. The van der Waals surface area contributed by atoms with E-state index in [1.165, 1.54) is 0 Å². The fourth-order valence-corrected chi connectivity index (χ4v) is 4.07. The third-order valence-electron chi connectivity index (χ3n) is 5.70. The number of aromatic nitrogens is 3. The van der Waals surface area contributed by atoms with Crippen LogP contribution >= 0.6 is 0 Å². The molecule has 0 atom stereocenters. The van der Waals surface area contributed by atoms with Crippen LogP contribution in [0.4, 0.5) is 17.1 Å². The van der Waals surface area contributed by atoms with Gasteiger partial charge >= 0.3 is 21.1 Å². The van der Waals surface area contributed by atoms with Gasteiger partial charge in [-0.05, 0) is 46.0 Å². The summed E-state index contributed by atoms with van der Waals surface area (Å²) in [6, 6.07) is 41.9. The molecule has 2 aromatic heterocycles. The molecule has 35 heavy (non-hydrogen) atoms. The normalized spacial score (nSPS) is 10.6. The topological polar surface area (TPSA) is 34.0 Å². The van der Waals surface area contributed by atoms with Gasteiger partial charge in [0.25, 0.3) is 0 Å². The fourth-order valence-electron chi connectivity index (χ4n) is 4.07. The average Bonchev–Trinajstić information content (AvgIpc) is 3.45. The minimum absolute atomic E-state index is 0. The largest absolute Gasteiger partial charge is 2.00 e. The van der Waals surface area contributed by atoms with E-state index >= 15 is 0 Å². The number of pyridine rings is 1. The quantitative estimate of drug-likeness (QED) is 0.190. The van der Waals surface area contributed by atoms with Crippen molar-refractivity contribution in [3.63, 3.8) is 0 Å². The number of hydrogen-bond donors (Lipinski definition) is 0. The number of anilines is 3. The van der Waals surface area contributed by atoms with Gasteiger partial charge in [0.1, 0.15) is 0 Å². The van der Waals surface area contributed by atoms with Crippen LogP contribution in [0.3, 0.4) is 0 Å². The molecule has 0 bridgehead atoms. The molecule has 0 aliphatic heterocycles. The molecule has 0 saturated carbocycles. The standard InChI is InChI=1S/C30H20N4.Pt/c1-2-12-26(13-3-1)34(29-16-7-14-27(21-29)33-18-8-17-32-33)28-15-6-11-24(19-28)30-20-23-9-4-5-10-25(23)22-31-30;/h1-18,20,22H;/q-2;+2. The summed E-state index contributed by atoms with van der Waals surface area (Å²) in [5.41, 5.74) is 5.54. The van der Waals surface area contributed by atoms with Crippen molar-refractivity contribution in [2.75, 3.05) is 4.90 Å². The number of benzene rings is 4. The van der Waals surface area contributed by atoms with Crippen LogP contribution in [0, 0.1) is 12.1 Å². The second-order valence-corrected chi connectivity index (χ2v) is 7.91. The minimum atomic E-state index is 0. The van der Waals surface area contributed by atoms with Crippen molar-refractivity contribution in [2.24, 2.45) is 0 Å². The first-order chi connectivity index (χ1) is 16.8. The van der Waals surface area contributed by atoms with E-state index in [2.05, 4.69) is 64.6 Å². The number of hydrogen-bond acceptors (Lipinski definition) is 3. The smallest absolute Gasteiger partial charge is 0.352 e. The van der Waals surface area contributed by atoms with E-state index in [1.54, 1.807) is 6.20 Å². The molecular formula is C30H20N4Pt. The summed E-state index contributed by atoms with van der Waals surface area (Å²) in [7, 11) is 0. The monoisotopic (exact) mass is 631 g/mol. The first-order valence-corrected chi connectivity index (χ1v) is 11.1. The van der Waals surface area contributed by atoms with Crippen molar-refractivity contribution < 1.29 is 21.1 Å². The molecule has 0 radical (unpaired) electrons. The van der Waals surface area contributed by atoms with Gasteiger partial charge in [-0.25, -0.2) is 0 Å². The van der Waals surface area contributed by atoms with Crippen LogP contribution in [0.1, 0.15) is 0 Å². The second kappa shape index (κ2) is 10.1. The Bertz CT molecular complexity index is 1560. The molecule has 4 aromatic carbocycles. The van der Waals surface area contributed by atoms with E-state index in [-0.39, 0.29) is 21.1 Å². The van der Waals surface area contributed by atoms with Gasteiger partial charge in [0.05, 0.1) is 0 Å². The van der Waals surface area contributed by atoms with Gasteiger partial charge in [-0.3, -0.25) is 4.68 Å². The van der Waals surface area contributed by atoms with Crippen LogP contribution in [-0.4, -0.2) is 14.8 Å². The van der Waals surface area contributed by atoms with Crippen molar-refractivity contribution in [2.45, 2.75) is 0 Å². The van der Waals surface area contributed by atoms with Gasteiger partial charge < -0.3 is 9.88 Å². The summed E-state index contributed by atoms with van der Waals surface area (Å²) in [4.78, 5) is 6.85. The van der Waals surface area contributed by atoms with Crippen LogP contribution in [0.25, 0.3) is 27.7 Å². The maximum Gasteiger partial charge on any atom is 2.00 e. The van der Waals surface area contributed by atoms with Crippen molar-refractivity contribution in [3.8, 4) is 16.9 Å². The van der Waals surface area contributed by atoms with Crippen LogP contribution in [-0.2, 0) is 21.1 Å². The van der Waals surface area contributed by atoms with E-state index in [1.807, 2.05) is 77.7 Å². The Balaban J connectivity index is 0.00000253. The Hall–Kier alpha value is -4.01. The fraction of sp³-hybridized carbons (Fsp3) is 0. The van der Waals surface area contributed by atoms with Crippen LogP contribution < -0.4 is 4.90 Å². The molecule has 0 saturated heterocycles. The molecule has 0 spiro atoms. The maximum atomic E-state index is 4.70. The van der Waals surface area contributed by atoms with Crippen LogP contribution in [0.5, 0.6) is 0 Å². The SMILES string of the molecule is [Pt+2].[c-]1c(-c2cc3ccccc3cn2)cccc1N(c1[c-]c(-n2cccn2)ccc1)c1ccccc1. The van der Waals surface area contributed by atoms with Crippen molar-refractivity contribution >= 4 is 27.8 Å². The Kier molecular flexibility index (Phi) is 6.56. The van der Waals surface area contributed by atoms with Gasteiger partial charge in [-0.2, -0.15) is 11.2 Å². The Morgan fingerprint density at radius 2 is 1.43 bits per heavy atom. The predicted octanol–water partition coefficient (Wildman–Crippen LogP) is 7.16. The molecule has 0 amide bonds. The van der Waals surface area contributed by atoms with E-state index < -0.39 is 0 Å². The summed E-state index contributed by atoms with van der Waals surface area (Å²) in [6.45, 7) is 0. The molecule has 5 heteroatoms. The zero-order chi connectivity index (χ0) is 22.7. The molecule has 0 N–H and O–H groups in total. The molecule has 0 unspecified atom stereocenters. The van der Waals surface area contributed by atoms with Gasteiger partial charge in [0, 0.05) is 24.3 Å². The second-order valence-electron chi connectivity index (χ2n) is 7.91. The molecule has 6 rings (SSSR count). The summed E-state index contributed by atoms with van der Waals surface area (Å²) >= 11 is 0. The number of para-hydroxylation sites is 1. The Morgan fingerprint density at radius 3 is 2.23 bits per heavy atom. The zero-order valence-corrected chi connectivity index (χ0v) is 20.9. The molecule has 0 aliphatic rings. The first-order valence-electron chi connectivity index (χ1n) is 11.1. The molecule has 4 nitrogen and oxygen atoms in total. The third-order valence-corrected chi connectivity index (χ3v) is 5.70. The van der Waals surface area contributed by atoms with Crippen molar-refractivity contribution in [1.82, 2.24) is 14.8 Å².